The summed E-state index contributed by atoms with van der Waals surface area (Å²) in [5.41, 5.74) is 5.45. The first kappa shape index (κ1) is 11.8. The Labute approximate surface area is 90.1 Å². The van der Waals surface area contributed by atoms with Crippen LogP contribution in [-0.4, -0.2) is 37.5 Å². The Morgan fingerprint density at radius 2 is 2.27 bits per heavy atom. The predicted molar refractivity (Wildman–Crippen MR) is 57.8 cm³/mol. The van der Waals surface area contributed by atoms with E-state index in [2.05, 4.69) is 4.74 Å². The highest BCUT2D eigenvalue weighted by molar-refractivity contribution is 5.79. The van der Waals surface area contributed by atoms with Crippen LogP contribution in [0.1, 0.15) is 19.3 Å². The lowest BCUT2D eigenvalue weighted by Crippen LogP contribution is -2.31. The predicted octanol–water partition coefficient (Wildman–Crippen LogP) is 1.04. The molecule has 0 aromatic rings. The van der Waals surface area contributed by atoms with Crippen molar-refractivity contribution in [2.24, 2.45) is 17.6 Å². The molecule has 0 spiro atoms. The maximum absolute atomic E-state index is 11.2. The first-order chi connectivity index (χ1) is 7.04. The zero-order valence-electron chi connectivity index (χ0n) is 9.32. The number of ether oxygens (including phenoxy) is 1. The molecule has 2 atom stereocenters. The van der Waals surface area contributed by atoms with Gasteiger partial charge in [0.25, 0.3) is 0 Å². The lowest BCUT2D eigenvalue weighted by atomic mass is 10.0. The second-order valence-electron chi connectivity index (χ2n) is 4.18. The van der Waals surface area contributed by atoms with Crippen LogP contribution >= 0.6 is 0 Å². The van der Waals surface area contributed by atoms with E-state index in [0.717, 1.165) is 19.3 Å². The Balaban J connectivity index is 2.36. The molecule has 0 bridgehead atoms. The molecule has 1 saturated carbocycles. The van der Waals surface area contributed by atoms with E-state index in [1.165, 1.54) is 7.11 Å². The number of nitrogens with one attached hydrogen (secondary N) is 1. The molecule has 0 heterocycles. The first-order valence-corrected chi connectivity index (χ1v) is 5.17. The van der Waals surface area contributed by atoms with Crippen LogP contribution in [0.5, 0.6) is 0 Å². The van der Waals surface area contributed by atoms with Crippen molar-refractivity contribution in [2.75, 3.05) is 20.7 Å². The van der Waals surface area contributed by atoms with Crippen LogP contribution in [0, 0.1) is 17.2 Å². The van der Waals surface area contributed by atoms with Crippen molar-refractivity contribution < 1.29 is 9.53 Å². The average molecular weight is 213 g/mol. The Kier molecular flexibility index (Phi) is 3.94. The number of amides is 1. The van der Waals surface area contributed by atoms with Crippen LogP contribution in [-0.2, 0) is 4.74 Å². The fraction of sp³-hybridized carbons (Fsp3) is 0.800. The number of carbonyl (C=O) groups is 1. The number of carbonyl (C=O) groups excluding carboxylic acids is 1. The van der Waals surface area contributed by atoms with Crippen LogP contribution in [0.15, 0.2) is 0 Å². The Bertz CT molecular complexity index is 255. The maximum atomic E-state index is 11.2. The molecule has 1 rings (SSSR count). The van der Waals surface area contributed by atoms with Crippen molar-refractivity contribution in [3.05, 3.63) is 0 Å². The van der Waals surface area contributed by atoms with E-state index >= 15 is 0 Å². The van der Waals surface area contributed by atoms with E-state index in [1.54, 1.807) is 11.9 Å². The number of hydrogen-bond acceptors (Lipinski definition) is 3. The highest BCUT2D eigenvalue weighted by atomic mass is 16.5. The zero-order chi connectivity index (χ0) is 11.4. The van der Waals surface area contributed by atoms with Crippen LogP contribution in [0.3, 0.4) is 0 Å². The SMILES string of the molecule is COC(=O)N(C)CC1CCC(C(=N)N)C1. The van der Waals surface area contributed by atoms with Gasteiger partial charge in [0.15, 0.2) is 0 Å². The normalized spacial score (nSPS) is 24.9. The van der Waals surface area contributed by atoms with Gasteiger partial charge in [0.1, 0.15) is 0 Å². The fourth-order valence-corrected chi connectivity index (χ4v) is 2.14. The summed E-state index contributed by atoms with van der Waals surface area (Å²) in [6.45, 7) is 0.691. The standard InChI is InChI=1S/C10H19N3O2/c1-13(10(14)15-2)6-7-3-4-8(5-7)9(11)12/h7-8H,3-6H2,1-2H3,(H3,11,12). The monoisotopic (exact) mass is 213 g/mol. The third-order valence-corrected chi connectivity index (χ3v) is 3.00. The highest BCUT2D eigenvalue weighted by Crippen LogP contribution is 2.31. The van der Waals surface area contributed by atoms with E-state index in [9.17, 15) is 4.79 Å². The summed E-state index contributed by atoms with van der Waals surface area (Å²) in [6, 6.07) is 0. The molecule has 1 fully saturated rings. The molecule has 0 aromatic carbocycles. The quantitative estimate of drug-likeness (QED) is 0.543. The van der Waals surface area contributed by atoms with E-state index in [-0.39, 0.29) is 17.8 Å². The van der Waals surface area contributed by atoms with Crippen molar-refractivity contribution in [1.29, 1.82) is 5.41 Å². The molecule has 5 heteroatoms. The van der Waals surface area contributed by atoms with Gasteiger partial charge in [-0.1, -0.05) is 0 Å². The molecule has 86 valence electrons. The van der Waals surface area contributed by atoms with Crippen molar-refractivity contribution in [3.8, 4) is 0 Å². The lowest BCUT2D eigenvalue weighted by Gasteiger charge is -2.19. The molecule has 0 aromatic heterocycles. The largest absolute Gasteiger partial charge is 0.453 e. The summed E-state index contributed by atoms with van der Waals surface area (Å²) in [6.07, 6.45) is 2.61. The van der Waals surface area contributed by atoms with Crippen LogP contribution < -0.4 is 5.73 Å². The molecular weight excluding hydrogens is 194 g/mol. The van der Waals surface area contributed by atoms with E-state index in [4.69, 9.17) is 11.1 Å². The molecule has 1 aliphatic rings. The van der Waals surface area contributed by atoms with Gasteiger partial charge in [-0.05, 0) is 25.2 Å². The molecular formula is C10H19N3O2. The lowest BCUT2D eigenvalue weighted by molar-refractivity contribution is 0.127. The van der Waals surface area contributed by atoms with Crippen molar-refractivity contribution >= 4 is 11.9 Å². The van der Waals surface area contributed by atoms with Crippen LogP contribution in [0.25, 0.3) is 0 Å². The van der Waals surface area contributed by atoms with Crippen molar-refractivity contribution in [1.82, 2.24) is 4.90 Å². The number of amidine groups is 1. The maximum Gasteiger partial charge on any atom is 0.409 e. The smallest absolute Gasteiger partial charge is 0.409 e. The number of methoxy groups -OCH3 is 1. The van der Waals surface area contributed by atoms with Gasteiger partial charge in [-0.25, -0.2) is 4.79 Å². The van der Waals surface area contributed by atoms with Gasteiger partial charge in [-0.3, -0.25) is 5.41 Å². The number of rotatable bonds is 3. The fourth-order valence-electron chi connectivity index (χ4n) is 2.14. The minimum Gasteiger partial charge on any atom is -0.453 e. The van der Waals surface area contributed by atoms with Crippen LogP contribution in [0.2, 0.25) is 0 Å². The average Bonchev–Trinajstić information content (AvgIpc) is 2.65. The van der Waals surface area contributed by atoms with Gasteiger partial charge >= 0.3 is 6.09 Å². The van der Waals surface area contributed by atoms with E-state index in [0.29, 0.717) is 12.5 Å². The van der Waals surface area contributed by atoms with Gasteiger partial charge in [-0.2, -0.15) is 0 Å². The number of nitrogens with two attached hydrogens (primary N) is 1. The topological polar surface area (TPSA) is 79.4 Å². The summed E-state index contributed by atoms with van der Waals surface area (Å²) >= 11 is 0. The summed E-state index contributed by atoms with van der Waals surface area (Å²) in [4.78, 5) is 12.7. The van der Waals surface area contributed by atoms with Gasteiger partial charge in [-0.15, -0.1) is 0 Å². The Morgan fingerprint density at radius 1 is 1.60 bits per heavy atom. The number of hydrogen-bond donors (Lipinski definition) is 2. The summed E-state index contributed by atoms with van der Waals surface area (Å²) in [7, 11) is 3.11. The second kappa shape index (κ2) is 5.00. The summed E-state index contributed by atoms with van der Waals surface area (Å²) < 4.78 is 4.62. The first-order valence-electron chi connectivity index (χ1n) is 5.17. The van der Waals surface area contributed by atoms with Gasteiger partial charge in [0, 0.05) is 19.5 Å². The zero-order valence-corrected chi connectivity index (χ0v) is 9.32. The third-order valence-electron chi connectivity index (χ3n) is 3.00. The van der Waals surface area contributed by atoms with Crippen LogP contribution in [0.4, 0.5) is 4.79 Å². The summed E-state index contributed by atoms with van der Waals surface area (Å²) in [5, 5.41) is 7.36. The molecule has 0 aliphatic heterocycles. The minimum absolute atomic E-state index is 0.209. The minimum atomic E-state index is -0.304. The van der Waals surface area contributed by atoms with E-state index in [1.807, 2.05) is 0 Å². The van der Waals surface area contributed by atoms with Gasteiger partial charge in [0.05, 0.1) is 12.9 Å². The number of nitrogens with zero attached hydrogens (tertiary/aromatic N) is 1. The molecule has 1 amide bonds. The molecule has 0 saturated heterocycles. The third kappa shape index (κ3) is 3.11. The molecule has 1 aliphatic carbocycles. The Morgan fingerprint density at radius 3 is 2.73 bits per heavy atom. The molecule has 2 unspecified atom stereocenters. The van der Waals surface area contributed by atoms with Gasteiger partial charge < -0.3 is 15.4 Å². The summed E-state index contributed by atoms with van der Waals surface area (Å²) in [5.74, 6) is 0.933. The highest BCUT2D eigenvalue weighted by Gasteiger charge is 2.28. The second-order valence-corrected chi connectivity index (χ2v) is 4.18. The van der Waals surface area contributed by atoms with Gasteiger partial charge in [0.2, 0.25) is 0 Å². The van der Waals surface area contributed by atoms with Crippen molar-refractivity contribution in [3.63, 3.8) is 0 Å². The Hall–Kier alpha value is -1.26. The molecule has 5 nitrogen and oxygen atoms in total. The molecule has 3 N–H and O–H groups in total. The molecule has 15 heavy (non-hydrogen) atoms. The van der Waals surface area contributed by atoms with E-state index < -0.39 is 0 Å². The molecule has 0 radical (unpaired) electrons. The van der Waals surface area contributed by atoms with Crippen molar-refractivity contribution in [2.45, 2.75) is 19.3 Å².